The normalized spacial score (nSPS) is 37.1. The van der Waals surface area contributed by atoms with Crippen LogP contribution in [0.2, 0.25) is 0 Å². The molecule has 3 rings (SSSR count). The minimum atomic E-state index is 0.180. The van der Waals surface area contributed by atoms with Crippen LogP contribution in [-0.2, 0) is 0 Å². The van der Waals surface area contributed by atoms with Crippen LogP contribution in [0.3, 0.4) is 0 Å². The summed E-state index contributed by atoms with van der Waals surface area (Å²) in [5.74, 6) is 1.53. The maximum absolute atomic E-state index is 5.39. The Balaban J connectivity index is 1.87. The molecule has 1 aromatic rings. The quantitative estimate of drug-likeness (QED) is 0.678. The standard InChI is InChI=1S/C8H12N4O/c9-8-11-10-7(13-8)6-3-5-1-2-12(6)4-5/h5-6H,1-4H2,(H2,9,11). The smallest absolute Gasteiger partial charge is 0.312 e. The molecule has 0 spiro atoms. The second-order valence-corrected chi connectivity index (χ2v) is 3.88. The summed E-state index contributed by atoms with van der Waals surface area (Å²) in [5, 5.41) is 7.61. The monoisotopic (exact) mass is 180 g/mol. The summed E-state index contributed by atoms with van der Waals surface area (Å²) in [7, 11) is 0. The van der Waals surface area contributed by atoms with Crippen molar-refractivity contribution in [2.24, 2.45) is 5.92 Å². The lowest BCUT2D eigenvalue weighted by Crippen LogP contribution is -2.22. The van der Waals surface area contributed by atoms with Gasteiger partial charge in [0.05, 0.1) is 6.04 Å². The number of hydrogen-bond donors (Lipinski definition) is 1. The molecule has 0 amide bonds. The summed E-state index contributed by atoms with van der Waals surface area (Å²) in [6.07, 6.45) is 2.47. The van der Waals surface area contributed by atoms with Crippen LogP contribution in [-0.4, -0.2) is 28.2 Å². The van der Waals surface area contributed by atoms with E-state index in [0.29, 0.717) is 11.9 Å². The Morgan fingerprint density at radius 3 is 2.92 bits per heavy atom. The number of nitrogens with two attached hydrogens (primary N) is 1. The number of fused-ring (bicyclic) bond motifs is 2. The van der Waals surface area contributed by atoms with E-state index in [0.717, 1.165) is 18.9 Å². The van der Waals surface area contributed by atoms with Gasteiger partial charge in [-0.1, -0.05) is 5.10 Å². The molecule has 0 aliphatic carbocycles. The summed E-state index contributed by atoms with van der Waals surface area (Å²) in [4.78, 5) is 2.40. The fourth-order valence-electron chi connectivity index (χ4n) is 2.44. The van der Waals surface area contributed by atoms with Gasteiger partial charge < -0.3 is 10.2 Å². The van der Waals surface area contributed by atoms with Crippen LogP contribution in [0.4, 0.5) is 6.01 Å². The summed E-state index contributed by atoms with van der Waals surface area (Å²) in [6.45, 7) is 2.35. The third kappa shape index (κ3) is 1.03. The van der Waals surface area contributed by atoms with E-state index in [1.165, 1.54) is 13.0 Å². The Hall–Kier alpha value is -1.10. The zero-order chi connectivity index (χ0) is 8.84. The van der Waals surface area contributed by atoms with Crippen molar-refractivity contribution in [3.63, 3.8) is 0 Å². The predicted molar refractivity (Wildman–Crippen MR) is 45.7 cm³/mol. The summed E-state index contributed by atoms with van der Waals surface area (Å²) in [6, 6.07) is 0.516. The number of anilines is 1. The van der Waals surface area contributed by atoms with Crippen LogP contribution < -0.4 is 5.73 Å². The van der Waals surface area contributed by atoms with Gasteiger partial charge >= 0.3 is 6.01 Å². The van der Waals surface area contributed by atoms with Gasteiger partial charge in [0, 0.05) is 6.54 Å². The SMILES string of the molecule is Nc1nnc(C2CC3CCN2C3)o1. The Bertz CT molecular complexity index is 324. The Labute approximate surface area is 75.9 Å². The van der Waals surface area contributed by atoms with Gasteiger partial charge in [-0.25, -0.2) is 0 Å². The van der Waals surface area contributed by atoms with Gasteiger partial charge in [-0.2, -0.15) is 0 Å². The predicted octanol–water partition coefficient (Wildman–Crippen LogP) is 0.418. The van der Waals surface area contributed by atoms with Crippen LogP contribution in [0, 0.1) is 5.92 Å². The molecule has 3 atom stereocenters. The summed E-state index contributed by atoms with van der Waals surface area (Å²) in [5.41, 5.74) is 5.39. The average molecular weight is 180 g/mol. The first-order chi connectivity index (χ1) is 6.33. The molecule has 2 fully saturated rings. The van der Waals surface area contributed by atoms with E-state index in [4.69, 9.17) is 10.2 Å². The van der Waals surface area contributed by atoms with Crippen LogP contribution in [0.1, 0.15) is 24.8 Å². The minimum Gasteiger partial charge on any atom is -0.407 e. The Kier molecular flexibility index (Phi) is 1.38. The second kappa shape index (κ2) is 2.45. The number of hydrogen-bond acceptors (Lipinski definition) is 5. The average Bonchev–Trinajstić information content (AvgIpc) is 2.77. The molecule has 5 heteroatoms. The molecule has 3 heterocycles. The molecule has 13 heavy (non-hydrogen) atoms. The van der Waals surface area contributed by atoms with Crippen LogP contribution in [0.25, 0.3) is 0 Å². The zero-order valence-corrected chi connectivity index (χ0v) is 7.31. The first-order valence-corrected chi connectivity index (χ1v) is 4.66. The molecule has 3 unspecified atom stereocenters. The molecule has 5 nitrogen and oxygen atoms in total. The number of rotatable bonds is 1. The molecule has 2 aliphatic heterocycles. The van der Waals surface area contributed by atoms with Crippen molar-refractivity contribution in [3.8, 4) is 0 Å². The number of nitrogen functional groups attached to an aromatic ring is 1. The van der Waals surface area contributed by atoms with Crippen LogP contribution in [0.15, 0.2) is 4.42 Å². The van der Waals surface area contributed by atoms with Gasteiger partial charge in [-0.15, -0.1) is 5.10 Å². The van der Waals surface area contributed by atoms with Gasteiger partial charge in [-0.05, 0) is 25.3 Å². The molecule has 0 saturated carbocycles. The molecule has 70 valence electrons. The second-order valence-electron chi connectivity index (χ2n) is 3.88. The van der Waals surface area contributed by atoms with Crippen LogP contribution in [0.5, 0.6) is 0 Å². The first kappa shape index (κ1) is 7.32. The molecular weight excluding hydrogens is 168 g/mol. The van der Waals surface area contributed by atoms with E-state index in [-0.39, 0.29) is 6.01 Å². The van der Waals surface area contributed by atoms with Gasteiger partial charge in [0.2, 0.25) is 5.89 Å². The van der Waals surface area contributed by atoms with Gasteiger partial charge in [0.1, 0.15) is 0 Å². The Morgan fingerprint density at radius 1 is 1.46 bits per heavy atom. The lowest BCUT2D eigenvalue weighted by Gasteiger charge is -2.20. The van der Waals surface area contributed by atoms with Gasteiger partial charge in [-0.3, -0.25) is 4.90 Å². The lowest BCUT2D eigenvalue weighted by molar-refractivity contribution is 0.227. The van der Waals surface area contributed by atoms with E-state index in [1.54, 1.807) is 0 Å². The van der Waals surface area contributed by atoms with Crippen molar-refractivity contribution in [1.82, 2.24) is 15.1 Å². The zero-order valence-electron chi connectivity index (χ0n) is 7.31. The third-order valence-electron chi connectivity index (χ3n) is 3.06. The van der Waals surface area contributed by atoms with Crippen molar-refractivity contribution in [1.29, 1.82) is 0 Å². The topological polar surface area (TPSA) is 68.2 Å². The molecule has 0 radical (unpaired) electrons. The van der Waals surface area contributed by atoms with Crippen molar-refractivity contribution in [3.05, 3.63) is 5.89 Å². The van der Waals surface area contributed by atoms with Crippen molar-refractivity contribution in [2.45, 2.75) is 18.9 Å². The van der Waals surface area contributed by atoms with Crippen LogP contribution >= 0.6 is 0 Å². The molecule has 1 aromatic heterocycles. The van der Waals surface area contributed by atoms with Gasteiger partial charge in [0.15, 0.2) is 0 Å². The van der Waals surface area contributed by atoms with E-state index in [1.807, 2.05) is 0 Å². The highest BCUT2D eigenvalue weighted by atomic mass is 16.4. The third-order valence-corrected chi connectivity index (χ3v) is 3.06. The largest absolute Gasteiger partial charge is 0.407 e. The minimum absolute atomic E-state index is 0.180. The van der Waals surface area contributed by atoms with E-state index >= 15 is 0 Å². The molecule has 2 saturated heterocycles. The number of piperidine rings is 1. The number of nitrogens with zero attached hydrogens (tertiary/aromatic N) is 3. The number of aromatic nitrogens is 2. The molecule has 0 aromatic carbocycles. The maximum atomic E-state index is 5.39. The molecule has 2 N–H and O–H groups in total. The maximum Gasteiger partial charge on any atom is 0.312 e. The van der Waals surface area contributed by atoms with Crippen molar-refractivity contribution < 1.29 is 4.42 Å². The van der Waals surface area contributed by atoms with Crippen molar-refractivity contribution in [2.75, 3.05) is 18.8 Å². The summed E-state index contributed by atoms with van der Waals surface area (Å²) >= 11 is 0. The highest BCUT2D eigenvalue weighted by Crippen LogP contribution is 2.41. The first-order valence-electron chi connectivity index (χ1n) is 4.66. The van der Waals surface area contributed by atoms with E-state index in [9.17, 15) is 0 Å². The van der Waals surface area contributed by atoms with Gasteiger partial charge in [0.25, 0.3) is 0 Å². The summed E-state index contributed by atoms with van der Waals surface area (Å²) < 4.78 is 5.23. The fourth-order valence-corrected chi connectivity index (χ4v) is 2.44. The lowest BCUT2D eigenvalue weighted by atomic mass is 10.0. The molecule has 2 aliphatic rings. The fraction of sp³-hybridized carbons (Fsp3) is 0.750. The highest BCUT2D eigenvalue weighted by molar-refractivity contribution is 5.09. The van der Waals surface area contributed by atoms with E-state index < -0.39 is 0 Å². The molecule has 2 bridgehead atoms. The molecular formula is C8H12N4O. The van der Waals surface area contributed by atoms with E-state index in [2.05, 4.69) is 15.1 Å². The van der Waals surface area contributed by atoms with Crippen molar-refractivity contribution >= 4 is 6.01 Å². The highest BCUT2D eigenvalue weighted by Gasteiger charge is 2.40. The Morgan fingerprint density at radius 2 is 2.38 bits per heavy atom.